The van der Waals surface area contributed by atoms with Crippen molar-refractivity contribution in [3.63, 3.8) is 0 Å². The van der Waals surface area contributed by atoms with Gasteiger partial charge < -0.3 is 20.4 Å². The van der Waals surface area contributed by atoms with E-state index < -0.39 is 12.1 Å². The van der Waals surface area contributed by atoms with Crippen LogP contribution in [0.15, 0.2) is 48.5 Å². The molecule has 3 amide bonds. The van der Waals surface area contributed by atoms with Crippen molar-refractivity contribution in [1.82, 2.24) is 4.90 Å². The number of anilines is 2. The van der Waals surface area contributed by atoms with E-state index in [9.17, 15) is 19.8 Å². The van der Waals surface area contributed by atoms with Gasteiger partial charge in [0.2, 0.25) is 5.91 Å². The Morgan fingerprint density at radius 2 is 1.84 bits per heavy atom. The average Bonchev–Trinajstić information content (AvgIpc) is 3.42. The first-order valence-electron chi connectivity index (χ1n) is 10.8. The van der Waals surface area contributed by atoms with E-state index in [1.165, 1.54) is 10.2 Å². The number of carbonyl (C=O) groups excluding carboxylic acids is 2. The van der Waals surface area contributed by atoms with E-state index in [1.54, 1.807) is 24.3 Å². The molecule has 2 aliphatic heterocycles. The summed E-state index contributed by atoms with van der Waals surface area (Å²) >= 11 is 5.89. The number of primary amides is 1. The van der Waals surface area contributed by atoms with Crippen LogP contribution in [0.25, 0.3) is 0 Å². The van der Waals surface area contributed by atoms with Crippen LogP contribution in [-0.2, 0) is 4.79 Å². The maximum Gasteiger partial charge on any atom is 0.421 e. The van der Waals surface area contributed by atoms with Gasteiger partial charge in [0, 0.05) is 41.5 Å². The number of amides is 3. The van der Waals surface area contributed by atoms with E-state index in [0.717, 1.165) is 25.1 Å². The highest BCUT2D eigenvalue weighted by Crippen LogP contribution is 2.27. The number of aliphatic hydroxyl groups is 2. The first kappa shape index (κ1) is 22.5. The third kappa shape index (κ3) is 5.05. The number of nitrogens with one attached hydrogen (secondary N) is 1. The number of β-amino-alcohol motifs (C(OH)–C–C–N with tert-alkyl or cyclic N) is 1. The number of rotatable bonds is 5. The summed E-state index contributed by atoms with van der Waals surface area (Å²) in [6.45, 7) is 1.13. The van der Waals surface area contributed by atoms with E-state index in [4.69, 9.17) is 11.6 Å². The Bertz CT molecular complexity index is 953. The van der Waals surface area contributed by atoms with Gasteiger partial charge in [0.05, 0.1) is 25.3 Å². The van der Waals surface area contributed by atoms with Gasteiger partial charge in [-0.1, -0.05) is 11.6 Å². The molecule has 5 N–H and O–H groups in total. The third-order valence-corrected chi connectivity index (χ3v) is 6.33. The molecule has 2 aliphatic rings. The second kappa shape index (κ2) is 9.87. The van der Waals surface area contributed by atoms with Crippen molar-refractivity contribution in [2.45, 2.75) is 37.5 Å². The lowest BCUT2D eigenvalue weighted by atomic mass is 10.1. The number of aliphatic hydroxyl groups excluding tert-OH is 2. The molecule has 2 aromatic rings. The number of nitrogens with zero attached hydrogens (tertiary/aromatic N) is 2. The van der Waals surface area contributed by atoms with Gasteiger partial charge in [-0.2, -0.15) is 0 Å². The molecule has 0 saturated carbocycles. The number of halogens is 1. The van der Waals surface area contributed by atoms with Crippen molar-refractivity contribution in [2.75, 3.05) is 29.9 Å². The monoisotopic (exact) mass is 459 g/mol. The highest BCUT2D eigenvalue weighted by atomic mass is 35.5. The van der Waals surface area contributed by atoms with Gasteiger partial charge in [0.25, 0.3) is 0 Å². The van der Waals surface area contributed by atoms with Gasteiger partial charge >= 0.3 is 6.03 Å². The van der Waals surface area contributed by atoms with Crippen LogP contribution in [-0.4, -0.2) is 64.9 Å². The van der Waals surface area contributed by atoms with Crippen molar-refractivity contribution in [2.24, 2.45) is 0 Å². The molecule has 32 heavy (non-hydrogen) atoms. The first-order valence-corrected chi connectivity index (χ1v) is 11.2. The second-order valence-corrected chi connectivity index (χ2v) is 8.74. The minimum Gasteiger partial charge on any atom is -0.394 e. The van der Waals surface area contributed by atoms with Crippen molar-refractivity contribution >= 4 is 40.6 Å². The number of hydrogen-bond acceptors (Lipinski definition) is 5. The van der Waals surface area contributed by atoms with Gasteiger partial charge in [-0.25, -0.2) is 10.1 Å². The summed E-state index contributed by atoms with van der Waals surface area (Å²) < 4.78 is 0. The number of quaternary nitrogens is 1. The Morgan fingerprint density at radius 1 is 1.12 bits per heavy atom. The summed E-state index contributed by atoms with van der Waals surface area (Å²) in [5.41, 5.74) is 2.30. The van der Waals surface area contributed by atoms with Crippen LogP contribution in [0.5, 0.6) is 0 Å². The lowest BCUT2D eigenvalue weighted by Crippen LogP contribution is -2.86. The van der Waals surface area contributed by atoms with E-state index >= 15 is 0 Å². The van der Waals surface area contributed by atoms with Gasteiger partial charge in [0.1, 0.15) is 11.7 Å². The number of hydrogen-bond donors (Lipinski definition) is 4. The summed E-state index contributed by atoms with van der Waals surface area (Å²) in [6, 6.07) is 13.4. The molecule has 9 heteroatoms. The quantitative estimate of drug-likeness (QED) is 0.509. The molecule has 0 aliphatic carbocycles. The second-order valence-electron chi connectivity index (χ2n) is 8.30. The van der Waals surface area contributed by atoms with Gasteiger partial charge in [-0.15, -0.1) is 0 Å². The minimum absolute atomic E-state index is 0.109. The molecular formula is C23H28ClN4O4+. The molecule has 2 aromatic carbocycles. The number of urea groups is 1. The Morgan fingerprint density at radius 3 is 2.53 bits per heavy atom. The first-order chi connectivity index (χ1) is 15.4. The number of likely N-dealkylation sites (tertiary alicyclic amines) is 1. The normalized spacial score (nSPS) is 22.9. The van der Waals surface area contributed by atoms with Crippen LogP contribution in [0.1, 0.15) is 19.3 Å². The molecule has 0 bridgehead atoms. The summed E-state index contributed by atoms with van der Waals surface area (Å²) in [6.07, 6.45) is 1.46. The van der Waals surface area contributed by atoms with Crippen LogP contribution in [0, 0.1) is 0 Å². The smallest absolute Gasteiger partial charge is 0.394 e. The number of carbonyl (C=O) groups is 2. The topological polar surface area (TPSA) is 110 Å². The van der Waals surface area contributed by atoms with E-state index in [2.05, 4.69) is 10.2 Å². The molecule has 0 spiro atoms. The van der Waals surface area contributed by atoms with E-state index in [-0.39, 0.29) is 37.6 Å². The number of benzene rings is 2. The highest BCUT2D eigenvalue weighted by molar-refractivity contribution is 6.30. The molecule has 8 nitrogen and oxygen atoms in total. The fourth-order valence-electron chi connectivity index (χ4n) is 4.42. The Hall–Kier alpha value is -2.65. The lowest BCUT2D eigenvalue weighted by molar-refractivity contribution is -0.473. The average molecular weight is 460 g/mol. The lowest BCUT2D eigenvalue weighted by Gasteiger charge is -2.25. The molecule has 0 aromatic heterocycles. The minimum atomic E-state index is -0.752. The van der Waals surface area contributed by atoms with Gasteiger partial charge in [0.15, 0.2) is 0 Å². The number of nitrogens with two attached hydrogens (primary N) is 1. The summed E-state index contributed by atoms with van der Waals surface area (Å²) in [5.74, 6) is -0.332. The van der Waals surface area contributed by atoms with Crippen molar-refractivity contribution in [3.05, 3.63) is 53.6 Å². The molecule has 2 heterocycles. The van der Waals surface area contributed by atoms with Crippen LogP contribution in [0.3, 0.4) is 0 Å². The molecule has 2 fully saturated rings. The fourth-order valence-corrected chi connectivity index (χ4v) is 4.54. The van der Waals surface area contributed by atoms with Gasteiger partial charge in [-0.05, 0) is 49.2 Å². The van der Waals surface area contributed by atoms with E-state index in [1.807, 2.05) is 24.3 Å². The zero-order valence-electron chi connectivity index (χ0n) is 17.7. The molecule has 3 atom stereocenters. The van der Waals surface area contributed by atoms with Crippen molar-refractivity contribution in [1.29, 1.82) is 0 Å². The largest absolute Gasteiger partial charge is 0.421 e. The summed E-state index contributed by atoms with van der Waals surface area (Å²) in [7, 11) is 0. The summed E-state index contributed by atoms with van der Waals surface area (Å²) in [4.78, 5) is 29.3. The van der Waals surface area contributed by atoms with Crippen LogP contribution in [0.2, 0.25) is 5.02 Å². The van der Waals surface area contributed by atoms with Crippen LogP contribution in [0.4, 0.5) is 21.9 Å². The molecule has 0 radical (unpaired) electrons. The van der Waals surface area contributed by atoms with Crippen LogP contribution < -0.4 is 15.5 Å². The standard InChI is InChI=1S/C23H27ClN4O4/c24-15-3-5-17(6-4-15)26-23(32)28-13-20(30)12-21(28)22(31)25-16-7-9-18(10-8-16)27-11-1-2-19(27)14-29/h3-10,19-21,29-30H,1-2,11-14H2,(H,25,31)(H,26,32)/p+1. The molecular weight excluding hydrogens is 432 g/mol. The highest BCUT2D eigenvalue weighted by Gasteiger charge is 2.41. The zero-order valence-corrected chi connectivity index (χ0v) is 18.4. The molecule has 170 valence electrons. The van der Waals surface area contributed by atoms with Crippen molar-refractivity contribution in [3.8, 4) is 0 Å². The van der Waals surface area contributed by atoms with Crippen molar-refractivity contribution < 1.29 is 25.1 Å². The van der Waals surface area contributed by atoms with E-state index in [0.29, 0.717) is 16.4 Å². The zero-order chi connectivity index (χ0) is 22.7. The maximum absolute atomic E-state index is 12.9. The fraction of sp³-hybridized carbons (Fsp3) is 0.391. The Labute approximate surface area is 191 Å². The summed E-state index contributed by atoms with van der Waals surface area (Å²) in [5, 5.41) is 24.5. The van der Waals surface area contributed by atoms with Gasteiger partial charge in [-0.3, -0.25) is 9.69 Å². The molecule has 4 rings (SSSR count). The third-order valence-electron chi connectivity index (χ3n) is 6.08. The Kier molecular flexibility index (Phi) is 6.95. The maximum atomic E-state index is 12.9. The molecule has 2 saturated heterocycles. The SMILES string of the molecule is O=C(Nc1ccc(N2CCCC2CO)cc1)C1CC(O)CN1C(=O)[NH2+]c1ccc(Cl)cc1. The predicted octanol–water partition coefficient (Wildman–Crippen LogP) is 1.69. The molecule has 3 unspecified atom stereocenters. The predicted molar refractivity (Wildman–Crippen MR) is 122 cm³/mol. The van der Waals surface area contributed by atoms with Crippen LogP contribution >= 0.6 is 11.6 Å². The Balaban J connectivity index is 1.40.